The molecule has 0 bridgehead atoms. The van der Waals surface area contributed by atoms with Crippen LogP contribution in [0.3, 0.4) is 0 Å². The molecule has 1 N–H and O–H groups in total. The van der Waals surface area contributed by atoms with Crippen molar-refractivity contribution in [1.82, 2.24) is 24.4 Å². The Morgan fingerprint density at radius 2 is 1.73 bits per heavy atom. The van der Waals surface area contributed by atoms with Crippen molar-refractivity contribution < 1.29 is 22.4 Å². The summed E-state index contributed by atoms with van der Waals surface area (Å²) >= 11 is 0. The first-order valence-corrected chi connectivity index (χ1v) is 11.2. The minimum atomic E-state index is -4.77. The van der Waals surface area contributed by atoms with E-state index in [1.807, 2.05) is 30.7 Å². The molecule has 0 saturated heterocycles. The Kier molecular flexibility index (Phi) is 5.98. The Balaban J connectivity index is 1.45. The lowest BCUT2D eigenvalue weighted by molar-refractivity contribution is -0.142. The molecule has 5 rings (SSSR count). The van der Waals surface area contributed by atoms with Gasteiger partial charge in [0.25, 0.3) is 5.91 Å². The van der Waals surface area contributed by atoms with Crippen LogP contribution >= 0.6 is 0 Å². The number of amides is 1. The highest BCUT2D eigenvalue weighted by Gasteiger charge is 2.35. The number of benzene rings is 2. The van der Waals surface area contributed by atoms with E-state index in [1.165, 1.54) is 18.2 Å². The molecule has 0 unspecified atom stereocenters. The number of hydrogen-bond donors (Lipinski definition) is 1. The second-order valence-electron chi connectivity index (χ2n) is 8.57. The standard InChI is InChI=1S/C26H20F4N6O/c1-15-10-16(2)35(33-15)14-17-4-3-5-20(11-17)31-25(37)22-13-24-32-21(18-6-8-19(27)9-7-18)12-23(26(28,29)30)36(24)34-22/h3-13H,14H2,1-2H3,(H,31,37). The highest BCUT2D eigenvalue weighted by Crippen LogP contribution is 2.32. The first kappa shape index (κ1) is 24.2. The number of anilines is 1. The molecule has 11 heteroatoms. The van der Waals surface area contributed by atoms with Gasteiger partial charge in [-0.05, 0) is 67.9 Å². The zero-order chi connectivity index (χ0) is 26.3. The van der Waals surface area contributed by atoms with Crippen LogP contribution in [0.1, 0.15) is 33.1 Å². The van der Waals surface area contributed by atoms with Crippen LogP contribution in [0.4, 0.5) is 23.2 Å². The Labute approximate surface area is 208 Å². The van der Waals surface area contributed by atoms with Crippen molar-refractivity contribution in [3.63, 3.8) is 0 Å². The van der Waals surface area contributed by atoms with Crippen LogP contribution in [0.25, 0.3) is 16.9 Å². The predicted molar refractivity (Wildman–Crippen MR) is 129 cm³/mol. The van der Waals surface area contributed by atoms with Crippen LogP contribution in [0.2, 0.25) is 0 Å². The van der Waals surface area contributed by atoms with Gasteiger partial charge in [0.15, 0.2) is 17.0 Å². The molecule has 0 aliphatic rings. The molecular weight excluding hydrogens is 488 g/mol. The van der Waals surface area contributed by atoms with Crippen molar-refractivity contribution in [3.8, 4) is 11.3 Å². The summed E-state index contributed by atoms with van der Waals surface area (Å²) in [4.78, 5) is 17.1. The van der Waals surface area contributed by atoms with E-state index in [0.717, 1.165) is 35.2 Å². The lowest BCUT2D eigenvalue weighted by atomic mass is 10.1. The number of carbonyl (C=O) groups excluding carboxylic acids is 1. The maximum Gasteiger partial charge on any atom is 0.433 e. The molecule has 1 amide bonds. The van der Waals surface area contributed by atoms with Crippen molar-refractivity contribution in [2.45, 2.75) is 26.6 Å². The Morgan fingerprint density at radius 3 is 2.41 bits per heavy atom. The third-order valence-electron chi connectivity index (χ3n) is 5.71. The topological polar surface area (TPSA) is 77.1 Å². The van der Waals surface area contributed by atoms with Crippen LogP contribution in [0.15, 0.2) is 66.7 Å². The number of nitrogens with one attached hydrogen (secondary N) is 1. The van der Waals surface area contributed by atoms with Crippen LogP contribution in [0, 0.1) is 19.7 Å². The van der Waals surface area contributed by atoms with Crippen LogP contribution < -0.4 is 5.32 Å². The Morgan fingerprint density at radius 1 is 0.973 bits per heavy atom. The first-order chi connectivity index (χ1) is 17.6. The summed E-state index contributed by atoms with van der Waals surface area (Å²) in [6.45, 7) is 4.33. The molecule has 0 fully saturated rings. The zero-order valence-electron chi connectivity index (χ0n) is 19.7. The fourth-order valence-electron chi connectivity index (χ4n) is 4.01. The fraction of sp³-hybridized carbons (Fsp3) is 0.154. The van der Waals surface area contributed by atoms with Crippen molar-refractivity contribution in [2.24, 2.45) is 0 Å². The van der Waals surface area contributed by atoms with Crippen LogP contribution in [0.5, 0.6) is 0 Å². The van der Waals surface area contributed by atoms with Crippen LogP contribution in [-0.2, 0) is 12.7 Å². The number of alkyl halides is 3. The number of fused-ring (bicyclic) bond motifs is 1. The highest BCUT2D eigenvalue weighted by atomic mass is 19.4. The van der Waals surface area contributed by atoms with Crippen LogP contribution in [-0.4, -0.2) is 30.3 Å². The first-order valence-electron chi connectivity index (χ1n) is 11.2. The van der Waals surface area contributed by atoms with Gasteiger partial charge >= 0.3 is 6.18 Å². The molecule has 2 aromatic carbocycles. The van der Waals surface area contributed by atoms with Crippen molar-refractivity contribution >= 4 is 17.2 Å². The maximum absolute atomic E-state index is 13.8. The highest BCUT2D eigenvalue weighted by molar-refractivity contribution is 6.03. The van der Waals surface area contributed by atoms with Gasteiger partial charge < -0.3 is 5.32 Å². The van der Waals surface area contributed by atoms with E-state index in [0.29, 0.717) is 22.3 Å². The average molecular weight is 508 g/mol. The summed E-state index contributed by atoms with van der Waals surface area (Å²) in [5, 5.41) is 11.0. The van der Waals surface area contributed by atoms with Gasteiger partial charge in [0.1, 0.15) is 5.82 Å². The lowest BCUT2D eigenvalue weighted by Crippen LogP contribution is -2.16. The summed E-state index contributed by atoms with van der Waals surface area (Å²) in [7, 11) is 0. The number of nitrogens with zero attached hydrogens (tertiary/aromatic N) is 5. The SMILES string of the molecule is Cc1cc(C)n(Cc2cccc(NC(=O)c3cc4nc(-c5ccc(F)cc5)cc(C(F)(F)F)n4n3)c2)n1. The predicted octanol–water partition coefficient (Wildman–Crippen LogP) is 5.67. The second-order valence-corrected chi connectivity index (χ2v) is 8.57. The quantitative estimate of drug-likeness (QED) is 0.311. The summed E-state index contributed by atoms with van der Waals surface area (Å²) in [5.74, 6) is -1.21. The average Bonchev–Trinajstić information content (AvgIpc) is 3.40. The molecular formula is C26H20F4N6O. The summed E-state index contributed by atoms with van der Waals surface area (Å²) < 4.78 is 57.2. The van der Waals surface area contributed by atoms with E-state index in [4.69, 9.17) is 0 Å². The fourth-order valence-corrected chi connectivity index (χ4v) is 4.01. The summed E-state index contributed by atoms with van der Waals surface area (Å²) in [6, 6.07) is 16.0. The number of aromatic nitrogens is 5. The van der Waals surface area contributed by atoms with Gasteiger partial charge in [-0.3, -0.25) is 9.48 Å². The lowest BCUT2D eigenvalue weighted by Gasteiger charge is -2.11. The van der Waals surface area contributed by atoms with Gasteiger partial charge in [0, 0.05) is 23.0 Å². The van der Waals surface area contributed by atoms with Crippen molar-refractivity contribution in [3.05, 3.63) is 101 Å². The molecule has 5 aromatic rings. The van der Waals surface area contributed by atoms with E-state index >= 15 is 0 Å². The molecule has 3 aromatic heterocycles. The van der Waals surface area contributed by atoms with E-state index in [1.54, 1.807) is 18.2 Å². The van der Waals surface area contributed by atoms with E-state index in [9.17, 15) is 22.4 Å². The van der Waals surface area contributed by atoms with Crippen molar-refractivity contribution in [2.75, 3.05) is 5.32 Å². The van der Waals surface area contributed by atoms with Gasteiger partial charge in [-0.2, -0.15) is 23.4 Å². The minimum absolute atomic E-state index is 0.0245. The largest absolute Gasteiger partial charge is 0.433 e. The normalized spacial score (nSPS) is 11.7. The number of halogens is 4. The monoisotopic (exact) mass is 508 g/mol. The van der Waals surface area contributed by atoms with E-state index in [-0.39, 0.29) is 17.0 Å². The molecule has 0 saturated carbocycles. The smallest absolute Gasteiger partial charge is 0.321 e. The number of aryl methyl sites for hydroxylation is 2. The Hall–Kier alpha value is -4.54. The molecule has 0 aliphatic carbocycles. The third kappa shape index (κ3) is 5.06. The molecule has 7 nitrogen and oxygen atoms in total. The third-order valence-corrected chi connectivity index (χ3v) is 5.71. The molecule has 0 radical (unpaired) electrons. The maximum atomic E-state index is 13.8. The number of hydrogen-bond acceptors (Lipinski definition) is 4. The van der Waals surface area contributed by atoms with Gasteiger partial charge in [-0.1, -0.05) is 12.1 Å². The van der Waals surface area contributed by atoms with Crippen molar-refractivity contribution in [1.29, 1.82) is 0 Å². The zero-order valence-corrected chi connectivity index (χ0v) is 19.7. The molecule has 3 heterocycles. The van der Waals surface area contributed by atoms with Gasteiger partial charge in [0.2, 0.25) is 0 Å². The molecule has 188 valence electrons. The molecule has 0 atom stereocenters. The molecule has 37 heavy (non-hydrogen) atoms. The van der Waals surface area contributed by atoms with Gasteiger partial charge in [-0.15, -0.1) is 0 Å². The summed E-state index contributed by atoms with van der Waals surface area (Å²) in [6.07, 6.45) is -4.77. The Bertz CT molecular complexity index is 1620. The molecule has 0 spiro atoms. The number of carbonyl (C=O) groups is 1. The van der Waals surface area contributed by atoms with Gasteiger partial charge in [-0.25, -0.2) is 13.9 Å². The van der Waals surface area contributed by atoms with E-state index in [2.05, 4.69) is 20.5 Å². The van der Waals surface area contributed by atoms with E-state index < -0.39 is 23.6 Å². The number of rotatable bonds is 5. The minimum Gasteiger partial charge on any atom is -0.321 e. The second kappa shape index (κ2) is 9.16. The molecule has 0 aliphatic heterocycles. The summed E-state index contributed by atoms with van der Waals surface area (Å²) in [5.41, 5.74) is 1.97. The van der Waals surface area contributed by atoms with Gasteiger partial charge in [0.05, 0.1) is 17.9 Å².